The summed E-state index contributed by atoms with van der Waals surface area (Å²) < 4.78 is 9.13. The average molecular weight is 881 g/mol. The zero-order valence-electron chi connectivity index (χ0n) is 37.7. The number of nitrogens with zero attached hydrogens (tertiary/aromatic N) is 2. The van der Waals surface area contributed by atoms with Crippen LogP contribution < -0.4 is 4.90 Å². The Balaban J connectivity index is 1.08. The van der Waals surface area contributed by atoms with Gasteiger partial charge in [-0.05, 0) is 87.5 Å². The molecule has 0 spiro atoms. The Kier molecular flexibility index (Phi) is 9.84. The average Bonchev–Trinajstić information content (AvgIpc) is 3.97. The summed E-state index contributed by atoms with van der Waals surface area (Å²) in [6.07, 6.45) is 0. The number of anilines is 3. The van der Waals surface area contributed by atoms with Crippen LogP contribution >= 0.6 is 0 Å². The quantitative estimate of drug-likeness (QED) is 0.144. The van der Waals surface area contributed by atoms with Crippen molar-refractivity contribution in [2.45, 2.75) is 0 Å². The van der Waals surface area contributed by atoms with Crippen LogP contribution in [0.2, 0.25) is 0 Å². The van der Waals surface area contributed by atoms with Crippen LogP contribution in [0.4, 0.5) is 17.1 Å². The molecule has 0 atom stereocenters. The number of aromatic nitrogens is 1. The second-order valence-corrected chi connectivity index (χ2v) is 17.6. The highest BCUT2D eigenvalue weighted by atomic mass is 16.3. The molecule has 0 amide bonds. The van der Waals surface area contributed by atoms with Crippen LogP contribution in [0.1, 0.15) is 0 Å². The fourth-order valence-corrected chi connectivity index (χ4v) is 10.5. The molecular weight excluding hydrogens is 837 g/mol. The molecule has 2 aromatic heterocycles. The van der Waals surface area contributed by atoms with Gasteiger partial charge in [0.2, 0.25) is 0 Å². The van der Waals surface area contributed by atoms with Crippen molar-refractivity contribution in [1.82, 2.24) is 4.57 Å². The maximum atomic E-state index is 6.68. The zero-order chi connectivity index (χ0) is 45.7. The van der Waals surface area contributed by atoms with E-state index in [2.05, 4.69) is 270 Å². The number of fused-ring (bicyclic) bond motifs is 6. The molecule has 0 unspecified atom stereocenters. The number of hydrogen-bond acceptors (Lipinski definition) is 2. The van der Waals surface area contributed by atoms with Gasteiger partial charge in [0, 0.05) is 49.6 Å². The first kappa shape index (κ1) is 40.1. The monoisotopic (exact) mass is 880 g/mol. The van der Waals surface area contributed by atoms with E-state index in [0.29, 0.717) is 0 Å². The van der Waals surface area contributed by atoms with Crippen molar-refractivity contribution in [2.24, 2.45) is 0 Å². The van der Waals surface area contributed by atoms with Gasteiger partial charge >= 0.3 is 0 Å². The molecule has 0 saturated heterocycles. The topological polar surface area (TPSA) is 21.3 Å². The van der Waals surface area contributed by atoms with E-state index in [4.69, 9.17) is 4.42 Å². The van der Waals surface area contributed by atoms with Crippen LogP contribution in [0.3, 0.4) is 0 Å². The Morgan fingerprint density at radius 1 is 0.290 bits per heavy atom. The van der Waals surface area contributed by atoms with E-state index >= 15 is 0 Å². The first-order valence-corrected chi connectivity index (χ1v) is 23.6. The van der Waals surface area contributed by atoms with Crippen molar-refractivity contribution in [3.8, 4) is 61.3 Å². The molecule has 0 aliphatic rings. The molecule has 0 fully saturated rings. The van der Waals surface area contributed by atoms with E-state index in [9.17, 15) is 0 Å². The summed E-state index contributed by atoms with van der Waals surface area (Å²) in [5.41, 5.74) is 19.7. The second-order valence-electron chi connectivity index (χ2n) is 17.6. The summed E-state index contributed by atoms with van der Waals surface area (Å²) in [7, 11) is 0. The van der Waals surface area contributed by atoms with Gasteiger partial charge < -0.3 is 13.9 Å². The van der Waals surface area contributed by atoms with Gasteiger partial charge in [0.1, 0.15) is 11.2 Å². The molecule has 0 aliphatic heterocycles. The van der Waals surface area contributed by atoms with E-state index < -0.39 is 0 Å². The molecule has 13 rings (SSSR count). The lowest BCUT2D eigenvalue weighted by atomic mass is 9.89. The molecule has 0 saturated carbocycles. The smallest absolute Gasteiger partial charge is 0.143 e. The van der Waals surface area contributed by atoms with E-state index in [1.54, 1.807) is 0 Å². The third-order valence-electron chi connectivity index (χ3n) is 13.6. The first-order chi connectivity index (χ1) is 34.3. The maximum Gasteiger partial charge on any atom is 0.143 e. The van der Waals surface area contributed by atoms with Gasteiger partial charge in [-0.2, -0.15) is 0 Å². The predicted octanol–water partition coefficient (Wildman–Crippen LogP) is 18.5. The summed E-state index contributed by atoms with van der Waals surface area (Å²) in [5.74, 6) is 0. The van der Waals surface area contributed by atoms with Crippen molar-refractivity contribution >= 4 is 60.8 Å². The molecule has 13 aromatic rings. The Labute approximate surface area is 401 Å². The minimum absolute atomic E-state index is 0.887. The largest absolute Gasteiger partial charge is 0.455 e. The first-order valence-electron chi connectivity index (χ1n) is 23.6. The standard InChI is InChI=1S/C66H44N2O/c1-4-21-45(22-5-1)50-27-10-11-29-52(50)47-39-41-56(53-30-13-12-28-51(53)46-23-6-2-7-24-46)63(43-47)67(48-25-8-3-9-26-48)49-40-42-57-54-31-14-17-36-61(54)68(64(57)44-49)62-37-18-15-32-55(62)59-34-20-35-60-58-33-16-19-38-65(58)69-66(59)60/h1-44H. The minimum atomic E-state index is 0.887. The maximum absolute atomic E-state index is 6.68. The number of rotatable bonds is 9. The van der Waals surface area contributed by atoms with Crippen LogP contribution in [-0.4, -0.2) is 4.57 Å². The van der Waals surface area contributed by atoms with Gasteiger partial charge in [0.25, 0.3) is 0 Å². The summed E-state index contributed by atoms with van der Waals surface area (Å²) in [4.78, 5) is 2.45. The highest BCUT2D eigenvalue weighted by Gasteiger charge is 2.24. The molecule has 3 nitrogen and oxygen atoms in total. The molecule has 0 aliphatic carbocycles. The van der Waals surface area contributed by atoms with Crippen LogP contribution in [-0.2, 0) is 0 Å². The zero-order valence-corrected chi connectivity index (χ0v) is 37.7. The van der Waals surface area contributed by atoms with E-state index in [1.165, 1.54) is 38.6 Å². The number of benzene rings is 11. The second kappa shape index (κ2) is 16.9. The summed E-state index contributed by atoms with van der Waals surface area (Å²) in [6, 6.07) is 96.2. The van der Waals surface area contributed by atoms with Crippen LogP contribution in [0.5, 0.6) is 0 Å². The number of para-hydroxylation sites is 5. The van der Waals surface area contributed by atoms with Crippen LogP contribution in [0.15, 0.2) is 271 Å². The molecule has 69 heavy (non-hydrogen) atoms. The van der Waals surface area contributed by atoms with Gasteiger partial charge in [-0.3, -0.25) is 0 Å². The van der Waals surface area contributed by atoms with Gasteiger partial charge in [-0.25, -0.2) is 0 Å². The predicted molar refractivity (Wildman–Crippen MR) is 290 cm³/mol. The third-order valence-corrected chi connectivity index (χ3v) is 13.6. The molecule has 0 bridgehead atoms. The molecule has 0 N–H and O–H groups in total. The summed E-state index contributed by atoms with van der Waals surface area (Å²) in [6.45, 7) is 0. The van der Waals surface area contributed by atoms with E-state index in [0.717, 1.165) is 83.5 Å². The van der Waals surface area contributed by atoms with Gasteiger partial charge in [0.15, 0.2) is 0 Å². The molecule has 0 radical (unpaired) electrons. The van der Waals surface area contributed by atoms with Crippen LogP contribution in [0.25, 0.3) is 105 Å². The summed E-state index contributed by atoms with van der Waals surface area (Å²) in [5, 5.41) is 4.60. The fourth-order valence-electron chi connectivity index (χ4n) is 10.5. The van der Waals surface area contributed by atoms with Gasteiger partial charge in [-0.1, -0.05) is 218 Å². The SMILES string of the molecule is c1ccc(-c2ccccc2-c2ccc(-c3ccccc3-c3ccccc3)c(N(c3ccccc3)c3ccc4c5ccccc5n(-c5ccccc5-c5cccc6c5oc5ccccc56)c4c3)c2)cc1. The normalized spacial score (nSPS) is 11.5. The van der Waals surface area contributed by atoms with Gasteiger partial charge in [-0.15, -0.1) is 0 Å². The van der Waals surface area contributed by atoms with E-state index in [1.807, 2.05) is 6.07 Å². The Morgan fingerprint density at radius 3 is 1.57 bits per heavy atom. The molecule has 3 heteroatoms. The molecule has 324 valence electrons. The highest BCUT2D eigenvalue weighted by molar-refractivity contribution is 6.13. The third kappa shape index (κ3) is 6.91. The minimum Gasteiger partial charge on any atom is -0.455 e. The number of hydrogen-bond donors (Lipinski definition) is 0. The van der Waals surface area contributed by atoms with Crippen molar-refractivity contribution < 1.29 is 4.42 Å². The van der Waals surface area contributed by atoms with Gasteiger partial charge in [0.05, 0.1) is 22.4 Å². The van der Waals surface area contributed by atoms with Crippen molar-refractivity contribution in [2.75, 3.05) is 4.90 Å². The lowest BCUT2D eigenvalue weighted by molar-refractivity contribution is 0.670. The lowest BCUT2D eigenvalue weighted by Gasteiger charge is -2.29. The Morgan fingerprint density at radius 2 is 0.826 bits per heavy atom. The van der Waals surface area contributed by atoms with Crippen molar-refractivity contribution in [1.29, 1.82) is 0 Å². The Hall–Kier alpha value is -9.18. The number of furan rings is 1. The van der Waals surface area contributed by atoms with Crippen molar-refractivity contribution in [3.05, 3.63) is 267 Å². The lowest BCUT2D eigenvalue weighted by Crippen LogP contribution is -2.12. The highest BCUT2D eigenvalue weighted by Crippen LogP contribution is 2.48. The fraction of sp³-hybridized carbons (Fsp3) is 0. The molecular formula is C66H44N2O. The molecule has 11 aromatic carbocycles. The summed E-state index contributed by atoms with van der Waals surface area (Å²) >= 11 is 0. The van der Waals surface area contributed by atoms with E-state index in [-0.39, 0.29) is 0 Å². The van der Waals surface area contributed by atoms with Crippen LogP contribution in [0, 0.1) is 0 Å². The van der Waals surface area contributed by atoms with Crippen molar-refractivity contribution in [3.63, 3.8) is 0 Å². The Bertz CT molecular complexity index is 4020. The molecule has 2 heterocycles.